The number of nitrogens with zero attached hydrogens (tertiary/aromatic N) is 1. The second-order valence-electron chi connectivity index (χ2n) is 3.61. The van der Waals surface area contributed by atoms with Crippen LogP contribution in [-0.4, -0.2) is 0 Å². The van der Waals surface area contributed by atoms with Crippen molar-refractivity contribution < 1.29 is 4.39 Å². The zero-order chi connectivity index (χ0) is 10.6. The number of aryl methyl sites for hydroxylation is 1. The van der Waals surface area contributed by atoms with Crippen LogP contribution in [0.2, 0.25) is 0 Å². The fraction of sp³-hybridized carbons (Fsp3) is 0.417. The first-order valence-corrected chi connectivity index (χ1v) is 4.78. The van der Waals surface area contributed by atoms with Crippen LogP contribution < -0.4 is 0 Å². The van der Waals surface area contributed by atoms with Crippen LogP contribution in [0.5, 0.6) is 0 Å². The average molecular weight is 191 g/mol. The topological polar surface area (TPSA) is 23.8 Å². The van der Waals surface area contributed by atoms with Crippen molar-refractivity contribution in [3.05, 3.63) is 35.1 Å². The number of benzene rings is 1. The third kappa shape index (κ3) is 2.56. The predicted octanol–water partition coefficient (Wildman–Crippen LogP) is 3.54. The first-order valence-electron chi connectivity index (χ1n) is 4.78. The molecule has 1 nitrogen and oxygen atoms in total. The summed E-state index contributed by atoms with van der Waals surface area (Å²) in [5.74, 6) is 0.162. The normalized spacial score (nSPS) is 12.1. The molecule has 2 heteroatoms. The van der Waals surface area contributed by atoms with Crippen molar-refractivity contribution in [1.82, 2.24) is 0 Å². The maximum Gasteiger partial charge on any atom is 0.126 e. The summed E-state index contributed by atoms with van der Waals surface area (Å²) >= 11 is 0. The minimum atomic E-state index is -0.166. The van der Waals surface area contributed by atoms with Crippen molar-refractivity contribution in [3.8, 4) is 6.07 Å². The van der Waals surface area contributed by atoms with Gasteiger partial charge in [-0.3, -0.25) is 0 Å². The van der Waals surface area contributed by atoms with Gasteiger partial charge in [0.05, 0.1) is 6.07 Å². The zero-order valence-electron chi connectivity index (χ0n) is 8.55. The minimum absolute atomic E-state index is 0.166. The van der Waals surface area contributed by atoms with E-state index < -0.39 is 0 Å². The van der Waals surface area contributed by atoms with Crippen LogP contribution in [0.15, 0.2) is 18.2 Å². The van der Waals surface area contributed by atoms with E-state index in [9.17, 15) is 4.39 Å². The number of nitriles is 1. The molecule has 0 amide bonds. The second kappa shape index (κ2) is 4.76. The Morgan fingerprint density at radius 3 is 2.79 bits per heavy atom. The van der Waals surface area contributed by atoms with E-state index >= 15 is 0 Å². The zero-order valence-corrected chi connectivity index (χ0v) is 8.55. The average Bonchev–Trinajstić information content (AvgIpc) is 2.18. The first-order chi connectivity index (χ1) is 6.65. The fourth-order valence-electron chi connectivity index (χ4n) is 1.42. The van der Waals surface area contributed by atoms with E-state index in [4.69, 9.17) is 5.26 Å². The maximum absolute atomic E-state index is 13.0. The van der Waals surface area contributed by atoms with Crippen LogP contribution in [0.25, 0.3) is 0 Å². The van der Waals surface area contributed by atoms with Gasteiger partial charge in [-0.15, -0.1) is 0 Å². The Bertz CT molecular complexity index is 352. The molecular formula is C12H14FN. The fourth-order valence-corrected chi connectivity index (χ4v) is 1.42. The van der Waals surface area contributed by atoms with Crippen molar-refractivity contribution in [2.24, 2.45) is 0 Å². The third-order valence-corrected chi connectivity index (χ3v) is 2.44. The van der Waals surface area contributed by atoms with E-state index in [1.165, 1.54) is 6.07 Å². The summed E-state index contributed by atoms with van der Waals surface area (Å²) in [6.07, 6.45) is 1.39. The Hall–Kier alpha value is -1.36. The Labute approximate surface area is 84.2 Å². The molecule has 0 spiro atoms. The summed E-state index contributed by atoms with van der Waals surface area (Å²) in [7, 11) is 0. The number of rotatable bonds is 3. The molecule has 0 aliphatic heterocycles. The Balaban J connectivity index is 2.76. The number of hydrogen-bond acceptors (Lipinski definition) is 1. The standard InChI is InChI=1S/C12H14FN/c1-9(4-3-7-14)11-5-6-12(13)10(2)8-11/h5-6,8-9H,3-4H2,1-2H3. The highest BCUT2D eigenvalue weighted by atomic mass is 19.1. The number of halogens is 1. The highest BCUT2D eigenvalue weighted by Gasteiger charge is 2.06. The van der Waals surface area contributed by atoms with Gasteiger partial charge in [0.2, 0.25) is 0 Å². The van der Waals surface area contributed by atoms with Gasteiger partial charge in [-0.25, -0.2) is 4.39 Å². The molecule has 0 N–H and O–H groups in total. The molecule has 0 bridgehead atoms. The van der Waals surface area contributed by atoms with Gasteiger partial charge >= 0.3 is 0 Å². The molecule has 14 heavy (non-hydrogen) atoms. The molecule has 1 aromatic rings. The van der Waals surface area contributed by atoms with E-state index in [0.29, 0.717) is 17.9 Å². The first kappa shape index (κ1) is 10.7. The molecule has 74 valence electrons. The van der Waals surface area contributed by atoms with E-state index in [1.54, 1.807) is 13.0 Å². The van der Waals surface area contributed by atoms with Gasteiger partial charge in [0.1, 0.15) is 5.82 Å². The van der Waals surface area contributed by atoms with Crippen molar-refractivity contribution in [2.45, 2.75) is 32.6 Å². The Morgan fingerprint density at radius 1 is 1.50 bits per heavy atom. The maximum atomic E-state index is 13.0. The summed E-state index contributed by atoms with van der Waals surface area (Å²) in [4.78, 5) is 0. The summed E-state index contributed by atoms with van der Waals surface area (Å²) in [6.45, 7) is 3.82. The van der Waals surface area contributed by atoms with Gasteiger partial charge in [-0.05, 0) is 36.5 Å². The monoisotopic (exact) mass is 191 g/mol. The highest BCUT2D eigenvalue weighted by Crippen LogP contribution is 2.22. The van der Waals surface area contributed by atoms with Crippen LogP contribution in [0, 0.1) is 24.1 Å². The molecule has 0 saturated carbocycles. The Kier molecular flexibility index (Phi) is 3.64. The third-order valence-electron chi connectivity index (χ3n) is 2.44. The summed E-state index contributed by atoms with van der Waals surface area (Å²) in [5.41, 5.74) is 1.78. The smallest absolute Gasteiger partial charge is 0.126 e. The molecule has 0 aromatic heterocycles. The lowest BCUT2D eigenvalue weighted by molar-refractivity contribution is 0.614. The lowest BCUT2D eigenvalue weighted by Gasteiger charge is -2.10. The summed E-state index contributed by atoms with van der Waals surface area (Å²) < 4.78 is 13.0. The van der Waals surface area contributed by atoms with Crippen molar-refractivity contribution in [2.75, 3.05) is 0 Å². The molecule has 1 aromatic carbocycles. The lowest BCUT2D eigenvalue weighted by Crippen LogP contribution is -1.95. The largest absolute Gasteiger partial charge is 0.207 e. The van der Waals surface area contributed by atoms with Gasteiger partial charge in [-0.2, -0.15) is 5.26 Å². The molecule has 0 fully saturated rings. The van der Waals surface area contributed by atoms with Crippen LogP contribution in [0.4, 0.5) is 4.39 Å². The van der Waals surface area contributed by atoms with E-state index in [2.05, 4.69) is 13.0 Å². The van der Waals surface area contributed by atoms with Crippen LogP contribution in [0.1, 0.15) is 36.8 Å². The molecule has 0 saturated heterocycles. The molecule has 1 rings (SSSR count). The van der Waals surface area contributed by atoms with E-state index in [1.807, 2.05) is 6.07 Å². The van der Waals surface area contributed by atoms with Crippen LogP contribution in [0.3, 0.4) is 0 Å². The predicted molar refractivity (Wildman–Crippen MR) is 54.4 cm³/mol. The Morgan fingerprint density at radius 2 is 2.21 bits per heavy atom. The SMILES string of the molecule is Cc1cc(C(C)CCC#N)ccc1F. The molecule has 0 aliphatic rings. The number of hydrogen-bond donors (Lipinski definition) is 0. The molecule has 1 atom stereocenters. The van der Waals surface area contributed by atoms with Crippen LogP contribution in [-0.2, 0) is 0 Å². The summed E-state index contributed by atoms with van der Waals surface area (Å²) in [5, 5.41) is 8.45. The van der Waals surface area contributed by atoms with Crippen molar-refractivity contribution in [3.63, 3.8) is 0 Å². The van der Waals surface area contributed by atoms with Gasteiger partial charge in [0.25, 0.3) is 0 Å². The van der Waals surface area contributed by atoms with Gasteiger partial charge in [-0.1, -0.05) is 19.1 Å². The van der Waals surface area contributed by atoms with Crippen molar-refractivity contribution >= 4 is 0 Å². The minimum Gasteiger partial charge on any atom is -0.207 e. The molecule has 1 unspecified atom stereocenters. The lowest BCUT2D eigenvalue weighted by atomic mass is 9.95. The van der Waals surface area contributed by atoms with E-state index in [-0.39, 0.29) is 5.82 Å². The quantitative estimate of drug-likeness (QED) is 0.716. The van der Waals surface area contributed by atoms with Crippen molar-refractivity contribution in [1.29, 1.82) is 5.26 Å². The van der Waals surface area contributed by atoms with Gasteiger partial charge < -0.3 is 0 Å². The molecule has 0 heterocycles. The van der Waals surface area contributed by atoms with Gasteiger partial charge in [0, 0.05) is 6.42 Å². The summed E-state index contributed by atoms with van der Waals surface area (Å²) in [6, 6.07) is 7.27. The van der Waals surface area contributed by atoms with Crippen LogP contribution >= 0.6 is 0 Å². The molecule has 0 aliphatic carbocycles. The van der Waals surface area contributed by atoms with E-state index in [0.717, 1.165) is 12.0 Å². The van der Waals surface area contributed by atoms with Gasteiger partial charge in [0.15, 0.2) is 0 Å². The molecular weight excluding hydrogens is 177 g/mol. The molecule has 0 radical (unpaired) electrons. The highest BCUT2D eigenvalue weighted by molar-refractivity contribution is 5.26. The second-order valence-corrected chi connectivity index (χ2v) is 3.61.